The van der Waals surface area contributed by atoms with Gasteiger partial charge in [0.15, 0.2) is 0 Å². The molecule has 2 rings (SSSR count). The van der Waals surface area contributed by atoms with Crippen LogP contribution in [0.4, 0.5) is 0 Å². The van der Waals surface area contributed by atoms with E-state index in [4.69, 9.17) is 0 Å². The monoisotopic (exact) mass is 192 g/mol. The Hall–Kier alpha value is -0.820. The third-order valence-corrected chi connectivity index (χ3v) is 2.71. The van der Waals surface area contributed by atoms with Crippen LogP contribution in [0.15, 0.2) is 18.2 Å². The van der Waals surface area contributed by atoms with Crippen LogP contribution in [-0.2, 0) is 6.42 Å². The minimum Gasteiger partial charge on any atom is -0.388 e. The predicted octanol–water partition coefficient (Wildman–Crippen LogP) is 3.39. The summed E-state index contributed by atoms with van der Waals surface area (Å²) in [5.74, 6) is 0. The van der Waals surface area contributed by atoms with Gasteiger partial charge in [-0.2, -0.15) is 0 Å². The highest BCUT2D eigenvalue weighted by atomic mass is 16.3. The lowest BCUT2D eigenvalue weighted by Gasteiger charge is -2.22. The van der Waals surface area contributed by atoms with Crippen LogP contribution in [0.25, 0.3) is 0 Å². The molecule has 0 bridgehead atoms. The van der Waals surface area contributed by atoms with E-state index in [0.29, 0.717) is 0 Å². The lowest BCUT2D eigenvalue weighted by Crippen LogP contribution is -2.10. The molecule has 1 aliphatic rings. The van der Waals surface area contributed by atoms with Crippen molar-refractivity contribution in [2.24, 2.45) is 0 Å². The number of rotatable bonds is 0. The topological polar surface area (TPSA) is 20.2 Å². The van der Waals surface area contributed by atoms with Gasteiger partial charge in [0.25, 0.3) is 0 Å². The summed E-state index contributed by atoms with van der Waals surface area (Å²) in [5, 5.41) is 9.69. The Morgan fingerprint density at radius 1 is 1.29 bits per heavy atom. The second-order valence-electron chi connectivity index (χ2n) is 3.55. The van der Waals surface area contributed by atoms with Crippen molar-refractivity contribution in [1.82, 2.24) is 0 Å². The fraction of sp³-hybridized carbons (Fsp3) is 0.538. The molecule has 0 aromatic heterocycles. The van der Waals surface area contributed by atoms with Crippen LogP contribution in [0.3, 0.4) is 0 Å². The van der Waals surface area contributed by atoms with Crippen molar-refractivity contribution >= 4 is 0 Å². The van der Waals surface area contributed by atoms with Gasteiger partial charge in [0, 0.05) is 0 Å². The van der Waals surface area contributed by atoms with Crippen molar-refractivity contribution in [3.05, 3.63) is 34.9 Å². The highest BCUT2D eigenvalue weighted by Crippen LogP contribution is 2.30. The maximum atomic E-state index is 9.69. The second-order valence-corrected chi connectivity index (χ2v) is 3.55. The van der Waals surface area contributed by atoms with Gasteiger partial charge in [-0.25, -0.2) is 0 Å². The Morgan fingerprint density at radius 3 is 2.64 bits per heavy atom. The molecule has 0 fully saturated rings. The van der Waals surface area contributed by atoms with Gasteiger partial charge in [0.1, 0.15) is 0 Å². The molecule has 0 radical (unpaired) electrons. The number of fused-ring (bicyclic) bond motifs is 1. The Morgan fingerprint density at radius 2 is 2.00 bits per heavy atom. The van der Waals surface area contributed by atoms with Crippen LogP contribution in [0.2, 0.25) is 0 Å². The molecular weight excluding hydrogens is 172 g/mol. The van der Waals surface area contributed by atoms with Gasteiger partial charge in [0.05, 0.1) is 6.10 Å². The van der Waals surface area contributed by atoms with E-state index in [9.17, 15) is 5.11 Å². The molecule has 0 amide bonds. The summed E-state index contributed by atoms with van der Waals surface area (Å²) in [6.07, 6.45) is 2.97. The molecule has 1 aromatic carbocycles. The van der Waals surface area contributed by atoms with Crippen molar-refractivity contribution in [1.29, 1.82) is 0 Å². The van der Waals surface area contributed by atoms with Crippen LogP contribution in [0.5, 0.6) is 0 Å². The number of aryl methyl sites for hydroxylation is 1. The first kappa shape index (κ1) is 11.3. The molecule has 0 heterocycles. The maximum Gasteiger partial charge on any atom is 0.0792 e. The Bertz CT molecular complexity index is 291. The Kier molecular flexibility index (Phi) is 4.15. The van der Waals surface area contributed by atoms with Crippen molar-refractivity contribution in [2.75, 3.05) is 0 Å². The normalized spacial score (nSPS) is 19.3. The van der Waals surface area contributed by atoms with E-state index in [0.717, 1.165) is 24.8 Å². The quantitative estimate of drug-likeness (QED) is 0.668. The van der Waals surface area contributed by atoms with Crippen molar-refractivity contribution in [3.8, 4) is 0 Å². The first-order chi connectivity index (χ1) is 6.79. The minimum atomic E-state index is -0.214. The zero-order chi connectivity index (χ0) is 10.6. The molecule has 1 N–H and O–H groups in total. The van der Waals surface area contributed by atoms with E-state index in [2.05, 4.69) is 13.0 Å². The molecule has 14 heavy (non-hydrogen) atoms. The molecule has 1 aromatic rings. The zero-order valence-corrected chi connectivity index (χ0v) is 9.38. The number of hydrogen-bond acceptors (Lipinski definition) is 1. The molecule has 0 saturated carbocycles. The third-order valence-electron chi connectivity index (χ3n) is 2.71. The second kappa shape index (κ2) is 5.16. The highest BCUT2D eigenvalue weighted by molar-refractivity contribution is 5.37. The lowest BCUT2D eigenvalue weighted by molar-refractivity contribution is 0.156. The Labute approximate surface area is 86.8 Å². The lowest BCUT2D eigenvalue weighted by atomic mass is 9.87. The molecule has 1 nitrogen and oxygen atoms in total. The fourth-order valence-corrected chi connectivity index (χ4v) is 2.01. The number of aliphatic hydroxyl groups excluding tert-OH is 1. The average molecular weight is 192 g/mol. The fourth-order valence-electron chi connectivity index (χ4n) is 2.01. The summed E-state index contributed by atoms with van der Waals surface area (Å²) in [6, 6.07) is 6.20. The van der Waals surface area contributed by atoms with Gasteiger partial charge in [-0.05, 0) is 42.9 Å². The number of aliphatic hydroxyl groups is 1. The molecule has 1 aliphatic carbocycles. The summed E-state index contributed by atoms with van der Waals surface area (Å²) in [7, 11) is 0. The molecule has 0 saturated heterocycles. The van der Waals surface area contributed by atoms with Crippen LogP contribution < -0.4 is 0 Å². The summed E-state index contributed by atoms with van der Waals surface area (Å²) in [5.41, 5.74) is 3.85. The summed E-state index contributed by atoms with van der Waals surface area (Å²) in [4.78, 5) is 0. The third kappa shape index (κ3) is 2.16. The van der Waals surface area contributed by atoms with E-state index in [1.54, 1.807) is 0 Å². The average Bonchev–Trinajstić information content (AvgIpc) is 2.23. The van der Waals surface area contributed by atoms with Crippen molar-refractivity contribution < 1.29 is 5.11 Å². The minimum absolute atomic E-state index is 0.214. The molecule has 1 unspecified atom stereocenters. The summed E-state index contributed by atoms with van der Waals surface area (Å²) < 4.78 is 0. The smallest absolute Gasteiger partial charge is 0.0792 e. The largest absolute Gasteiger partial charge is 0.388 e. The molecule has 78 valence electrons. The van der Waals surface area contributed by atoms with E-state index in [1.807, 2.05) is 26.0 Å². The van der Waals surface area contributed by atoms with Crippen LogP contribution in [-0.4, -0.2) is 5.11 Å². The molecular formula is C13H20O. The van der Waals surface area contributed by atoms with E-state index < -0.39 is 0 Å². The molecule has 1 atom stereocenters. The van der Waals surface area contributed by atoms with Gasteiger partial charge in [-0.15, -0.1) is 0 Å². The predicted molar refractivity (Wildman–Crippen MR) is 60.4 cm³/mol. The first-order valence-corrected chi connectivity index (χ1v) is 5.55. The SMILES string of the molecule is CC.Cc1cccc2c1CCCC2O. The molecule has 0 aliphatic heterocycles. The van der Waals surface area contributed by atoms with Crippen LogP contribution >= 0.6 is 0 Å². The van der Waals surface area contributed by atoms with Gasteiger partial charge in [-0.1, -0.05) is 32.0 Å². The standard InChI is InChI=1S/C11H14O.C2H6/c1-8-4-2-6-10-9(8)5-3-7-11(10)12;1-2/h2,4,6,11-12H,3,5,7H2,1H3;1-2H3. The number of benzene rings is 1. The highest BCUT2D eigenvalue weighted by Gasteiger charge is 2.18. The van der Waals surface area contributed by atoms with E-state index in [-0.39, 0.29) is 6.10 Å². The zero-order valence-electron chi connectivity index (χ0n) is 9.38. The van der Waals surface area contributed by atoms with E-state index >= 15 is 0 Å². The van der Waals surface area contributed by atoms with E-state index in [1.165, 1.54) is 11.1 Å². The molecule has 1 heteroatoms. The summed E-state index contributed by atoms with van der Waals surface area (Å²) >= 11 is 0. The van der Waals surface area contributed by atoms with Gasteiger partial charge in [-0.3, -0.25) is 0 Å². The summed E-state index contributed by atoms with van der Waals surface area (Å²) in [6.45, 7) is 6.12. The van der Waals surface area contributed by atoms with Crippen molar-refractivity contribution in [2.45, 2.75) is 46.1 Å². The van der Waals surface area contributed by atoms with Crippen LogP contribution in [0, 0.1) is 6.92 Å². The Balaban J connectivity index is 0.000000461. The van der Waals surface area contributed by atoms with Crippen LogP contribution in [0.1, 0.15) is 49.5 Å². The molecule has 0 spiro atoms. The van der Waals surface area contributed by atoms with Crippen molar-refractivity contribution in [3.63, 3.8) is 0 Å². The number of hydrogen-bond donors (Lipinski definition) is 1. The van der Waals surface area contributed by atoms with Gasteiger partial charge < -0.3 is 5.11 Å². The first-order valence-electron chi connectivity index (χ1n) is 5.55. The van der Waals surface area contributed by atoms with Gasteiger partial charge in [0.2, 0.25) is 0 Å². The van der Waals surface area contributed by atoms with Gasteiger partial charge >= 0.3 is 0 Å². The maximum absolute atomic E-state index is 9.69.